The lowest BCUT2D eigenvalue weighted by molar-refractivity contribution is -0.161. The Morgan fingerprint density at radius 1 is 0.296 bits per heavy atom. The molecule has 0 aromatic carbocycles. The molecule has 570 valence electrons. The zero-order valence-electron chi connectivity index (χ0n) is 62.2. The lowest BCUT2D eigenvalue weighted by Crippen LogP contribution is -2.30. The van der Waals surface area contributed by atoms with E-state index in [1.165, 1.54) is 109 Å². The van der Waals surface area contributed by atoms with Crippen molar-refractivity contribution in [3.63, 3.8) is 0 Å². The fourth-order valence-corrected chi connectivity index (χ4v) is 12.2. The van der Waals surface area contributed by atoms with Crippen molar-refractivity contribution in [1.82, 2.24) is 0 Å². The molecule has 0 saturated carbocycles. The topological polar surface area (TPSA) is 237 Å². The van der Waals surface area contributed by atoms with E-state index in [9.17, 15) is 43.2 Å². The minimum atomic E-state index is -4.98. The van der Waals surface area contributed by atoms with Gasteiger partial charge in [-0.3, -0.25) is 37.3 Å². The third-order valence-corrected chi connectivity index (χ3v) is 18.5. The second-order valence-corrected chi connectivity index (χ2v) is 29.2. The third-order valence-electron chi connectivity index (χ3n) is 16.6. The number of esters is 4. The van der Waals surface area contributed by atoms with Crippen LogP contribution in [-0.2, 0) is 65.4 Å². The molecule has 0 rings (SSSR count). The molecule has 0 spiro atoms. The Morgan fingerprint density at radius 2 is 0.531 bits per heavy atom. The van der Waals surface area contributed by atoms with Crippen LogP contribution in [0.25, 0.3) is 0 Å². The molecule has 0 aliphatic carbocycles. The molecular formula is C79H142O17P2. The van der Waals surface area contributed by atoms with Crippen LogP contribution in [0.5, 0.6) is 0 Å². The van der Waals surface area contributed by atoms with Crippen molar-refractivity contribution < 1.29 is 80.2 Å². The molecule has 0 aliphatic heterocycles. The van der Waals surface area contributed by atoms with E-state index in [1.54, 1.807) is 0 Å². The van der Waals surface area contributed by atoms with E-state index in [0.717, 1.165) is 161 Å². The summed E-state index contributed by atoms with van der Waals surface area (Å²) < 4.78 is 68.5. The van der Waals surface area contributed by atoms with E-state index in [0.29, 0.717) is 25.7 Å². The summed E-state index contributed by atoms with van der Waals surface area (Å²) in [6, 6.07) is 0. The van der Waals surface area contributed by atoms with Gasteiger partial charge in [0.2, 0.25) is 0 Å². The van der Waals surface area contributed by atoms with Crippen LogP contribution < -0.4 is 0 Å². The van der Waals surface area contributed by atoms with Crippen LogP contribution in [0.1, 0.15) is 349 Å². The molecule has 2 unspecified atom stereocenters. The number of hydrogen-bond donors (Lipinski definition) is 3. The third kappa shape index (κ3) is 70.9. The molecule has 0 radical (unpaired) electrons. The number of phosphoric ester groups is 2. The minimum Gasteiger partial charge on any atom is -0.462 e. The van der Waals surface area contributed by atoms with Gasteiger partial charge in [-0.2, -0.15) is 0 Å². The molecule has 0 heterocycles. The number of hydrogen-bond acceptors (Lipinski definition) is 15. The van der Waals surface area contributed by atoms with Gasteiger partial charge in [0.1, 0.15) is 19.3 Å². The Morgan fingerprint density at radius 3 is 0.857 bits per heavy atom. The molecule has 3 N–H and O–H groups in total. The molecule has 5 atom stereocenters. The van der Waals surface area contributed by atoms with Gasteiger partial charge in [0.25, 0.3) is 0 Å². The summed E-state index contributed by atoms with van der Waals surface area (Å²) in [5.74, 6) is -2.20. The van der Waals surface area contributed by atoms with Crippen molar-refractivity contribution in [2.24, 2.45) is 0 Å². The van der Waals surface area contributed by atoms with E-state index in [4.69, 9.17) is 37.0 Å². The number of allylic oxidation sites excluding steroid dienone is 12. The van der Waals surface area contributed by atoms with Crippen LogP contribution in [0, 0.1) is 0 Å². The minimum absolute atomic E-state index is 0.0775. The van der Waals surface area contributed by atoms with Crippen LogP contribution in [0.2, 0.25) is 0 Å². The summed E-state index contributed by atoms with van der Waals surface area (Å²) in [7, 11) is -9.95. The first-order valence-corrected chi connectivity index (χ1v) is 42.2. The highest BCUT2D eigenvalue weighted by molar-refractivity contribution is 7.47. The number of unbranched alkanes of at least 4 members (excludes halogenated alkanes) is 37. The summed E-state index contributed by atoms with van der Waals surface area (Å²) in [4.78, 5) is 72.9. The number of carbonyl (C=O) groups excluding carboxylic acids is 4. The second kappa shape index (κ2) is 71.9. The van der Waals surface area contributed by atoms with Crippen LogP contribution >= 0.6 is 15.6 Å². The summed E-state index contributed by atoms with van der Waals surface area (Å²) in [6.45, 7) is 4.80. The molecule has 98 heavy (non-hydrogen) atoms. The monoisotopic (exact) mass is 1420 g/mol. The van der Waals surface area contributed by atoms with Crippen LogP contribution in [0.4, 0.5) is 0 Å². The Hall–Kier alpha value is -3.50. The molecule has 19 heteroatoms. The van der Waals surface area contributed by atoms with Crippen LogP contribution in [0.3, 0.4) is 0 Å². The lowest BCUT2D eigenvalue weighted by atomic mass is 10.1. The van der Waals surface area contributed by atoms with Gasteiger partial charge in [-0.1, -0.05) is 261 Å². The number of phosphoric acid groups is 2. The predicted octanol–water partition coefficient (Wildman–Crippen LogP) is 22.4. The van der Waals surface area contributed by atoms with E-state index in [1.807, 2.05) is 0 Å². The van der Waals surface area contributed by atoms with Crippen molar-refractivity contribution in [2.75, 3.05) is 39.6 Å². The number of rotatable bonds is 74. The van der Waals surface area contributed by atoms with Gasteiger partial charge in [-0.25, -0.2) is 9.13 Å². The molecule has 0 fully saturated rings. The standard InChI is InChI=1S/C79H142O17P2/c1-5-9-13-17-21-25-29-33-36-40-43-47-51-55-59-63-76(81)89-69-74(95-78(83)65-61-57-53-49-45-39-32-28-24-20-16-12-8-4)71-93-97(85,86)91-67-73(80)68-92-98(87,88)94-72-75(96-79(84)66-62-58-54-50-46-42-38-35-31-27-23-19-15-11-7-3)70-90-77(82)64-60-56-52-48-44-41-37-34-30-26-22-18-14-10-6-2/h23,26-28,30,32-38,73-75,80H,5-22,24-25,29,31,39-72H2,1-4H3,(H,85,86)(H,87,88)/b27-23-,30-26-,32-28-,36-33-,37-34-,38-35-/t73-,74-,75-/m1/s1. The van der Waals surface area contributed by atoms with Crippen molar-refractivity contribution in [1.29, 1.82) is 0 Å². The number of carbonyl (C=O) groups is 4. The van der Waals surface area contributed by atoms with Crippen molar-refractivity contribution in [3.8, 4) is 0 Å². The molecule has 0 aliphatic rings. The molecule has 0 amide bonds. The highest BCUT2D eigenvalue weighted by Crippen LogP contribution is 2.45. The maximum absolute atomic E-state index is 13.1. The smallest absolute Gasteiger partial charge is 0.462 e. The van der Waals surface area contributed by atoms with Gasteiger partial charge < -0.3 is 33.8 Å². The Bertz CT molecular complexity index is 2140. The highest BCUT2D eigenvalue weighted by atomic mass is 31.2. The summed E-state index contributed by atoms with van der Waals surface area (Å²) in [5.41, 5.74) is 0. The first-order chi connectivity index (χ1) is 47.7. The van der Waals surface area contributed by atoms with Gasteiger partial charge in [-0.05, 0) is 135 Å². The van der Waals surface area contributed by atoms with Crippen molar-refractivity contribution in [2.45, 2.75) is 367 Å². The van der Waals surface area contributed by atoms with Gasteiger partial charge in [0.15, 0.2) is 12.2 Å². The zero-order valence-corrected chi connectivity index (χ0v) is 64.0. The molecule has 0 bridgehead atoms. The fourth-order valence-electron chi connectivity index (χ4n) is 10.6. The number of aliphatic hydroxyl groups is 1. The quantitative estimate of drug-likeness (QED) is 0.0128. The first-order valence-electron chi connectivity index (χ1n) is 39.2. The van der Waals surface area contributed by atoms with Crippen molar-refractivity contribution in [3.05, 3.63) is 72.9 Å². The summed E-state index contributed by atoms with van der Waals surface area (Å²) in [6.07, 6.45) is 71.6. The summed E-state index contributed by atoms with van der Waals surface area (Å²) >= 11 is 0. The Labute approximate surface area is 596 Å². The van der Waals surface area contributed by atoms with Crippen LogP contribution in [-0.4, -0.2) is 96.7 Å². The molecule has 17 nitrogen and oxygen atoms in total. The molecule has 0 saturated heterocycles. The van der Waals surface area contributed by atoms with E-state index in [2.05, 4.69) is 101 Å². The largest absolute Gasteiger partial charge is 0.472 e. The predicted molar refractivity (Wildman–Crippen MR) is 400 cm³/mol. The second-order valence-electron chi connectivity index (χ2n) is 26.3. The van der Waals surface area contributed by atoms with Gasteiger partial charge in [-0.15, -0.1) is 0 Å². The molecular weight excluding hydrogens is 1280 g/mol. The lowest BCUT2D eigenvalue weighted by Gasteiger charge is -2.21. The maximum atomic E-state index is 13.1. The average Bonchev–Trinajstić information content (AvgIpc) is 0.984. The SMILES string of the molecule is CCCCC/C=C\C/C=C\CCCCCCCC(=O)O[C@H](COC(=O)CCCCCCC/C=C\C=C/CCCCCC)COP(=O)(O)OC[C@H](O)COP(=O)(O)OC[C@@H](COC(=O)CCCCCCC/C=C\CCCCCCCC)OC(=O)CCCCCCC/C=C\CCCCCC. The molecule has 0 aromatic heterocycles. The summed E-state index contributed by atoms with van der Waals surface area (Å²) in [5, 5.41) is 10.6. The van der Waals surface area contributed by atoms with E-state index in [-0.39, 0.29) is 25.7 Å². The average molecular weight is 1430 g/mol. The van der Waals surface area contributed by atoms with Gasteiger partial charge in [0, 0.05) is 25.7 Å². The fraction of sp³-hybridized carbons (Fsp3) is 0.797. The Balaban J connectivity index is 5.36. The van der Waals surface area contributed by atoms with E-state index >= 15 is 0 Å². The van der Waals surface area contributed by atoms with E-state index < -0.39 is 97.5 Å². The number of aliphatic hydroxyl groups excluding tert-OH is 1. The Kier molecular flexibility index (Phi) is 69.3. The van der Waals surface area contributed by atoms with Crippen LogP contribution in [0.15, 0.2) is 72.9 Å². The normalized spacial score (nSPS) is 14.3. The zero-order chi connectivity index (χ0) is 71.8. The van der Waals surface area contributed by atoms with Gasteiger partial charge >= 0.3 is 39.5 Å². The first kappa shape index (κ1) is 94.5. The maximum Gasteiger partial charge on any atom is 0.472 e. The highest BCUT2D eigenvalue weighted by Gasteiger charge is 2.30. The number of ether oxygens (including phenoxy) is 4. The van der Waals surface area contributed by atoms with Gasteiger partial charge in [0.05, 0.1) is 26.4 Å². The van der Waals surface area contributed by atoms with Crippen molar-refractivity contribution >= 4 is 39.5 Å². The molecule has 0 aromatic rings.